The largest absolute Gasteiger partial charge is 0.312 e. The van der Waals surface area contributed by atoms with Crippen LogP contribution in [0, 0.1) is 0 Å². The topological polar surface area (TPSA) is 32.3 Å². The van der Waals surface area contributed by atoms with Crippen LogP contribution >= 0.6 is 11.8 Å². The second-order valence-corrected chi connectivity index (χ2v) is 6.53. The number of para-hydroxylation sites is 1. The van der Waals surface area contributed by atoms with Crippen molar-refractivity contribution >= 4 is 23.4 Å². The molecule has 1 N–H and O–H groups in total. The molecule has 3 nitrogen and oxygen atoms in total. The third-order valence-corrected chi connectivity index (χ3v) is 5.03. The summed E-state index contributed by atoms with van der Waals surface area (Å²) in [6.45, 7) is 3.16. The highest BCUT2D eigenvalue weighted by molar-refractivity contribution is 7.99. The molecule has 0 aromatic heterocycles. The first kappa shape index (κ1) is 13.0. The highest BCUT2D eigenvalue weighted by Crippen LogP contribution is 2.32. The van der Waals surface area contributed by atoms with E-state index in [-0.39, 0.29) is 5.91 Å². The van der Waals surface area contributed by atoms with E-state index in [1.54, 1.807) is 0 Å². The van der Waals surface area contributed by atoms with Crippen LogP contribution in [0.3, 0.4) is 0 Å². The molecule has 4 heteroatoms. The van der Waals surface area contributed by atoms with Gasteiger partial charge >= 0.3 is 0 Å². The predicted molar refractivity (Wildman–Crippen MR) is 80.8 cm³/mol. The molecule has 0 radical (unpaired) electrons. The van der Waals surface area contributed by atoms with Gasteiger partial charge in [0.15, 0.2) is 0 Å². The lowest BCUT2D eigenvalue weighted by molar-refractivity contribution is -0.119. The van der Waals surface area contributed by atoms with Crippen molar-refractivity contribution in [1.82, 2.24) is 5.32 Å². The van der Waals surface area contributed by atoms with Gasteiger partial charge < -0.3 is 10.2 Å². The van der Waals surface area contributed by atoms with Gasteiger partial charge in [0.05, 0.1) is 0 Å². The molecule has 1 saturated heterocycles. The monoisotopic (exact) mass is 276 g/mol. The lowest BCUT2D eigenvalue weighted by atomic mass is 10.1. The van der Waals surface area contributed by atoms with E-state index in [1.165, 1.54) is 5.56 Å². The summed E-state index contributed by atoms with van der Waals surface area (Å²) < 4.78 is 0. The molecule has 1 aromatic carbocycles. The van der Waals surface area contributed by atoms with Crippen LogP contribution in [0.5, 0.6) is 0 Å². The third-order valence-electron chi connectivity index (χ3n) is 3.90. The molecule has 0 saturated carbocycles. The predicted octanol–water partition coefficient (Wildman–Crippen LogP) is 2.06. The Balaban J connectivity index is 1.72. The summed E-state index contributed by atoms with van der Waals surface area (Å²) in [5.74, 6) is 2.47. The number of nitrogens with zero attached hydrogens (tertiary/aromatic N) is 1. The Morgan fingerprint density at radius 2 is 2.32 bits per heavy atom. The van der Waals surface area contributed by atoms with Crippen molar-refractivity contribution in [2.24, 2.45) is 0 Å². The molecule has 1 fully saturated rings. The second kappa shape index (κ2) is 5.55. The first-order valence-electron chi connectivity index (χ1n) is 6.97. The summed E-state index contributed by atoms with van der Waals surface area (Å²) >= 11 is 1.94. The summed E-state index contributed by atoms with van der Waals surface area (Å²) in [5.41, 5.74) is 2.41. The Labute approximate surface area is 118 Å². The molecule has 2 atom stereocenters. The van der Waals surface area contributed by atoms with Crippen LogP contribution in [-0.2, 0) is 11.2 Å². The van der Waals surface area contributed by atoms with Crippen molar-refractivity contribution in [3.05, 3.63) is 29.8 Å². The number of benzene rings is 1. The number of anilines is 1. The zero-order valence-corrected chi connectivity index (χ0v) is 12.1. The lowest BCUT2D eigenvalue weighted by Gasteiger charge is -2.27. The van der Waals surface area contributed by atoms with Crippen molar-refractivity contribution < 1.29 is 4.79 Å². The number of amides is 1. The fourth-order valence-corrected chi connectivity index (χ4v) is 3.95. The van der Waals surface area contributed by atoms with Gasteiger partial charge in [0, 0.05) is 42.2 Å². The van der Waals surface area contributed by atoms with Gasteiger partial charge in [-0.2, -0.15) is 11.8 Å². The van der Waals surface area contributed by atoms with E-state index >= 15 is 0 Å². The van der Waals surface area contributed by atoms with Crippen molar-refractivity contribution in [1.29, 1.82) is 0 Å². The standard InChI is InChI=1S/C15H20N2OS/c1-11-8-12-4-2-3-5-14(12)17(11)15(18)9-13-10-19-7-6-16-13/h2-5,11,13,16H,6-10H2,1H3. The molecule has 2 aliphatic heterocycles. The Morgan fingerprint density at radius 1 is 1.47 bits per heavy atom. The molecule has 19 heavy (non-hydrogen) atoms. The van der Waals surface area contributed by atoms with E-state index in [4.69, 9.17) is 0 Å². The van der Waals surface area contributed by atoms with Crippen LogP contribution < -0.4 is 10.2 Å². The van der Waals surface area contributed by atoms with Crippen LogP contribution in [0.25, 0.3) is 0 Å². The molecule has 2 aliphatic rings. The number of carbonyl (C=O) groups excluding carboxylic acids is 1. The molecule has 102 valence electrons. The quantitative estimate of drug-likeness (QED) is 0.897. The Morgan fingerprint density at radius 3 is 3.11 bits per heavy atom. The molecule has 0 aliphatic carbocycles. The molecule has 0 spiro atoms. The number of hydrogen-bond donors (Lipinski definition) is 1. The van der Waals surface area contributed by atoms with Gasteiger partial charge in [-0.3, -0.25) is 4.79 Å². The summed E-state index contributed by atoms with van der Waals surface area (Å²) in [5, 5.41) is 3.44. The van der Waals surface area contributed by atoms with Gasteiger partial charge in [0.1, 0.15) is 0 Å². The number of nitrogens with one attached hydrogen (secondary N) is 1. The average molecular weight is 276 g/mol. The summed E-state index contributed by atoms with van der Waals surface area (Å²) in [7, 11) is 0. The van der Waals surface area contributed by atoms with Crippen LogP contribution in [0.4, 0.5) is 5.69 Å². The maximum Gasteiger partial charge on any atom is 0.228 e. The van der Waals surface area contributed by atoms with Crippen molar-refractivity contribution in [2.75, 3.05) is 23.0 Å². The van der Waals surface area contributed by atoms with E-state index in [9.17, 15) is 4.79 Å². The Hall–Kier alpha value is -1.000. The highest BCUT2D eigenvalue weighted by atomic mass is 32.2. The Kier molecular flexibility index (Phi) is 3.80. The molecule has 3 rings (SSSR count). The fourth-order valence-electron chi connectivity index (χ4n) is 3.01. The van der Waals surface area contributed by atoms with E-state index in [0.29, 0.717) is 18.5 Å². The summed E-state index contributed by atoms with van der Waals surface area (Å²) in [4.78, 5) is 14.6. The van der Waals surface area contributed by atoms with Crippen molar-refractivity contribution in [3.8, 4) is 0 Å². The first-order chi connectivity index (χ1) is 9.25. The van der Waals surface area contributed by atoms with Gasteiger partial charge in [-0.25, -0.2) is 0 Å². The minimum absolute atomic E-state index is 0.262. The molecular formula is C15H20N2OS. The van der Waals surface area contributed by atoms with Crippen LogP contribution in [0.2, 0.25) is 0 Å². The normalized spacial score (nSPS) is 26.3. The van der Waals surface area contributed by atoms with Gasteiger partial charge in [-0.15, -0.1) is 0 Å². The molecule has 2 heterocycles. The summed E-state index contributed by atoms with van der Waals surface area (Å²) in [6.07, 6.45) is 1.60. The molecular weight excluding hydrogens is 256 g/mol. The van der Waals surface area contributed by atoms with Crippen LogP contribution in [-0.4, -0.2) is 36.0 Å². The van der Waals surface area contributed by atoms with Gasteiger partial charge in [-0.05, 0) is 25.0 Å². The zero-order valence-electron chi connectivity index (χ0n) is 11.3. The van der Waals surface area contributed by atoms with Crippen LogP contribution in [0.1, 0.15) is 18.9 Å². The van der Waals surface area contributed by atoms with E-state index in [0.717, 1.165) is 30.2 Å². The number of hydrogen-bond acceptors (Lipinski definition) is 3. The fraction of sp³-hybridized carbons (Fsp3) is 0.533. The first-order valence-corrected chi connectivity index (χ1v) is 8.12. The zero-order chi connectivity index (χ0) is 13.2. The maximum absolute atomic E-state index is 12.6. The maximum atomic E-state index is 12.6. The lowest BCUT2D eigenvalue weighted by Crippen LogP contribution is -2.44. The molecule has 2 unspecified atom stereocenters. The molecule has 1 aromatic rings. The molecule has 1 amide bonds. The van der Waals surface area contributed by atoms with Crippen LogP contribution in [0.15, 0.2) is 24.3 Å². The van der Waals surface area contributed by atoms with E-state index < -0.39 is 0 Å². The van der Waals surface area contributed by atoms with E-state index in [2.05, 4.69) is 30.4 Å². The second-order valence-electron chi connectivity index (χ2n) is 5.38. The minimum atomic E-state index is 0.262. The Bertz CT molecular complexity index is 471. The smallest absolute Gasteiger partial charge is 0.228 e. The van der Waals surface area contributed by atoms with Crippen molar-refractivity contribution in [2.45, 2.75) is 31.8 Å². The van der Waals surface area contributed by atoms with Crippen molar-refractivity contribution in [3.63, 3.8) is 0 Å². The number of thioether (sulfide) groups is 1. The SMILES string of the molecule is CC1Cc2ccccc2N1C(=O)CC1CSCCN1. The third kappa shape index (κ3) is 2.65. The minimum Gasteiger partial charge on any atom is -0.312 e. The number of fused-ring (bicyclic) bond motifs is 1. The molecule has 0 bridgehead atoms. The highest BCUT2D eigenvalue weighted by Gasteiger charge is 2.31. The number of carbonyl (C=O) groups is 1. The number of rotatable bonds is 2. The van der Waals surface area contributed by atoms with Gasteiger partial charge in [0.25, 0.3) is 0 Å². The van der Waals surface area contributed by atoms with Gasteiger partial charge in [0.2, 0.25) is 5.91 Å². The average Bonchev–Trinajstić information content (AvgIpc) is 2.75. The van der Waals surface area contributed by atoms with Gasteiger partial charge in [-0.1, -0.05) is 18.2 Å². The van der Waals surface area contributed by atoms with E-state index in [1.807, 2.05) is 22.7 Å². The summed E-state index contributed by atoms with van der Waals surface area (Å²) in [6, 6.07) is 8.91.